The molecule has 0 spiro atoms. The van der Waals surface area contributed by atoms with E-state index in [1.807, 2.05) is 19.1 Å². The van der Waals surface area contributed by atoms with Gasteiger partial charge in [0.1, 0.15) is 11.3 Å². The van der Waals surface area contributed by atoms with E-state index >= 15 is 0 Å². The van der Waals surface area contributed by atoms with E-state index in [0.717, 1.165) is 5.69 Å². The maximum Gasteiger partial charge on any atom is 0.256 e. The molecular formula is C14H11N3O2. The van der Waals surface area contributed by atoms with E-state index in [0.29, 0.717) is 22.5 Å². The standard InChI is InChI=1S/C14H11N3O2/c1-9-3-2-4-13(16-9)17-14(18)10-5-6-12-11(7-10)15-8-19-12/h2-8H,1H3,(H,16,17,18). The Bertz CT molecular complexity index is 749. The summed E-state index contributed by atoms with van der Waals surface area (Å²) in [6.07, 6.45) is 1.36. The molecule has 0 bridgehead atoms. The molecule has 2 heterocycles. The van der Waals surface area contributed by atoms with Gasteiger partial charge < -0.3 is 9.73 Å². The fraction of sp³-hybridized carbons (Fsp3) is 0.0714. The molecule has 0 aliphatic heterocycles. The van der Waals surface area contributed by atoms with Gasteiger partial charge in [-0.05, 0) is 37.3 Å². The SMILES string of the molecule is Cc1cccc(NC(=O)c2ccc3ocnc3c2)n1. The van der Waals surface area contributed by atoms with Crippen LogP contribution in [0.25, 0.3) is 11.1 Å². The minimum absolute atomic E-state index is 0.219. The molecule has 1 aromatic carbocycles. The minimum atomic E-state index is -0.219. The molecule has 0 radical (unpaired) electrons. The average molecular weight is 253 g/mol. The summed E-state index contributed by atoms with van der Waals surface area (Å²) < 4.78 is 5.13. The Balaban J connectivity index is 1.87. The second-order valence-electron chi connectivity index (χ2n) is 4.15. The number of fused-ring (bicyclic) bond motifs is 1. The third kappa shape index (κ3) is 2.30. The number of hydrogen-bond donors (Lipinski definition) is 1. The highest BCUT2D eigenvalue weighted by Gasteiger charge is 2.09. The molecule has 19 heavy (non-hydrogen) atoms. The van der Waals surface area contributed by atoms with Crippen molar-refractivity contribution in [2.75, 3.05) is 5.32 Å². The summed E-state index contributed by atoms with van der Waals surface area (Å²) in [6.45, 7) is 1.87. The number of anilines is 1. The van der Waals surface area contributed by atoms with E-state index in [1.165, 1.54) is 6.39 Å². The molecule has 0 saturated carbocycles. The lowest BCUT2D eigenvalue weighted by Crippen LogP contribution is -2.13. The van der Waals surface area contributed by atoms with Gasteiger partial charge in [-0.25, -0.2) is 9.97 Å². The Morgan fingerprint density at radius 1 is 1.26 bits per heavy atom. The van der Waals surface area contributed by atoms with Crippen molar-refractivity contribution in [3.63, 3.8) is 0 Å². The molecule has 5 heteroatoms. The molecule has 1 amide bonds. The van der Waals surface area contributed by atoms with E-state index in [4.69, 9.17) is 4.42 Å². The lowest BCUT2D eigenvalue weighted by molar-refractivity contribution is 0.102. The average Bonchev–Trinajstić information content (AvgIpc) is 2.85. The second-order valence-corrected chi connectivity index (χ2v) is 4.15. The number of hydrogen-bond acceptors (Lipinski definition) is 4. The van der Waals surface area contributed by atoms with E-state index in [1.54, 1.807) is 24.3 Å². The number of pyridine rings is 1. The van der Waals surface area contributed by atoms with Gasteiger partial charge in [-0.3, -0.25) is 4.79 Å². The number of aryl methyl sites for hydroxylation is 1. The van der Waals surface area contributed by atoms with Crippen molar-refractivity contribution in [1.29, 1.82) is 0 Å². The first-order valence-electron chi connectivity index (χ1n) is 5.81. The first-order chi connectivity index (χ1) is 9.22. The van der Waals surface area contributed by atoms with Crippen molar-refractivity contribution in [2.24, 2.45) is 0 Å². The second kappa shape index (κ2) is 4.53. The van der Waals surface area contributed by atoms with Crippen LogP contribution in [-0.2, 0) is 0 Å². The predicted octanol–water partition coefficient (Wildman–Crippen LogP) is 2.78. The summed E-state index contributed by atoms with van der Waals surface area (Å²) in [6, 6.07) is 10.6. The van der Waals surface area contributed by atoms with Crippen molar-refractivity contribution in [2.45, 2.75) is 6.92 Å². The van der Waals surface area contributed by atoms with Crippen LogP contribution in [0.3, 0.4) is 0 Å². The van der Waals surface area contributed by atoms with Crippen molar-refractivity contribution in [1.82, 2.24) is 9.97 Å². The Labute approximate surface area is 109 Å². The molecule has 3 aromatic rings. The van der Waals surface area contributed by atoms with Crippen LogP contribution in [-0.4, -0.2) is 15.9 Å². The summed E-state index contributed by atoms with van der Waals surface area (Å²) >= 11 is 0. The van der Waals surface area contributed by atoms with Gasteiger partial charge in [0.25, 0.3) is 5.91 Å². The van der Waals surface area contributed by atoms with Gasteiger partial charge in [0.15, 0.2) is 12.0 Å². The van der Waals surface area contributed by atoms with E-state index in [-0.39, 0.29) is 5.91 Å². The maximum absolute atomic E-state index is 12.1. The molecule has 5 nitrogen and oxygen atoms in total. The van der Waals surface area contributed by atoms with Crippen LogP contribution in [0.15, 0.2) is 47.2 Å². The monoisotopic (exact) mass is 253 g/mol. The molecule has 94 valence electrons. The predicted molar refractivity (Wildman–Crippen MR) is 70.9 cm³/mol. The molecular weight excluding hydrogens is 242 g/mol. The molecule has 3 rings (SSSR count). The Morgan fingerprint density at radius 2 is 2.16 bits per heavy atom. The lowest BCUT2D eigenvalue weighted by atomic mass is 10.2. The van der Waals surface area contributed by atoms with Crippen molar-refractivity contribution in [3.05, 3.63) is 54.0 Å². The van der Waals surface area contributed by atoms with E-state index < -0.39 is 0 Å². The summed E-state index contributed by atoms with van der Waals surface area (Å²) in [5, 5.41) is 2.75. The van der Waals surface area contributed by atoms with Gasteiger partial charge in [0, 0.05) is 11.3 Å². The van der Waals surface area contributed by atoms with E-state index in [2.05, 4.69) is 15.3 Å². The van der Waals surface area contributed by atoms with Crippen molar-refractivity contribution in [3.8, 4) is 0 Å². The zero-order chi connectivity index (χ0) is 13.2. The minimum Gasteiger partial charge on any atom is -0.443 e. The zero-order valence-electron chi connectivity index (χ0n) is 10.3. The number of carbonyl (C=O) groups excluding carboxylic acids is 1. The van der Waals surface area contributed by atoms with E-state index in [9.17, 15) is 4.79 Å². The summed E-state index contributed by atoms with van der Waals surface area (Å²) in [7, 11) is 0. The fourth-order valence-electron chi connectivity index (χ4n) is 1.80. The van der Waals surface area contributed by atoms with Gasteiger partial charge in [0.2, 0.25) is 0 Å². The fourth-order valence-corrected chi connectivity index (χ4v) is 1.80. The molecule has 0 unspecified atom stereocenters. The molecule has 0 aliphatic rings. The first kappa shape index (κ1) is 11.4. The number of nitrogens with one attached hydrogen (secondary N) is 1. The first-order valence-corrected chi connectivity index (χ1v) is 5.81. The van der Waals surface area contributed by atoms with Crippen LogP contribution in [0.1, 0.15) is 16.1 Å². The third-order valence-corrected chi connectivity index (χ3v) is 2.72. The van der Waals surface area contributed by atoms with Crippen LogP contribution in [0.2, 0.25) is 0 Å². The maximum atomic E-state index is 12.1. The van der Waals surface area contributed by atoms with Gasteiger partial charge in [0.05, 0.1) is 0 Å². The molecule has 0 aliphatic carbocycles. The number of carbonyl (C=O) groups is 1. The van der Waals surface area contributed by atoms with Gasteiger partial charge in [-0.2, -0.15) is 0 Å². The highest BCUT2D eigenvalue weighted by atomic mass is 16.3. The van der Waals surface area contributed by atoms with Crippen molar-refractivity contribution < 1.29 is 9.21 Å². The number of amides is 1. The topological polar surface area (TPSA) is 68.0 Å². The summed E-state index contributed by atoms with van der Waals surface area (Å²) in [4.78, 5) is 20.3. The number of oxazole rings is 1. The van der Waals surface area contributed by atoms with Crippen LogP contribution >= 0.6 is 0 Å². The zero-order valence-corrected chi connectivity index (χ0v) is 10.3. The summed E-state index contributed by atoms with van der Waals surface area (Å²) in [5.74, 6) is 0.313. The highest BCUT2D eigenvalue weighted by molar-refractivity contribution is 6.05. The smallest absolute Gasteiger partial charge is 0.256 e. The third-order valence-electron chi connectivity index (χ3n) is 2.72. The van der Waals surface area contributed by atoms with Crippen molar-refractivity contribution >= 4 is 22.8 Å². The molecule has 0 atom stereocenters. The molecule has 0 fully saturated rings. The lowest BCUT2D eigenvalue weighted by Gasteiger charge is -2.04. The van der Waals surface area contributed by atoms with Crippen LogP contribution < -0.4 is 5.32 Å². The number of rotatable bonds is 2. The Kier molecular flexibility index (Phi) is 2.72. The Morgan fingerprint density at radius 3 is 3.00 bits per heavy atom. The molecule has 1 N–H and O–H groups in total. The number of benzene rings is 1. The van der Waals surface area contributed by atoms with Gasteiger partial charge in [-0.15, -0.1) is 0 Å². The number of aromatic nitrogens is 2. The van der Waals surface area contributed by atoms with Gasteiger partial charge >= 0.3 is 0 Å². The van der Waals surface area contributed by atoms with Gasteiger partial charge in [-0.1, -0.05) is 6.07 Å². The van der Waals surface area contributed by atoms with Crippen LogP contribution in [0.4, 0.5) is 5.82 Å². The van der Waals surface area contributed by atoms with Crippen LogP contribution in [0.5, 0.6) is 0 Å². The summed E-state index contributed by atoms with van der Waals surface area (Å²) in [5.41, 5.74) is 2.68. The normalized spacial score (nSPS) is 10.6. The largest absolute Gasteiger partial charge is 0.443 e. The van der Waals surface area contributed by atoms with Crippen LogP contribution in [0, 0.1) is 6.92 Å². The quantitative estimate of drug-likeness (QED) is 0.762. The molecule has 2 aromatic heterocycles. The number of nitrogens with zero attached hydrogens (tertiary/aromatic N) is 2. The molecule has 0 saturated heterocycles. The Hall–Kier alpha value is -2.69. The highest BCUT2D eigenvalue weighted by Crippen LogP contribution is 2.15.